The summed E-state index contributed by atoms with van der Waals surface area (Å²) in [7, 11) is 5.13. The number of ether oxygens (including phenoxy) is 1. The number of H-pyrrole nitrogens is 1. The van der Waals surface area contributed by atoms with Gasteiger partial charge in [0.05, 0.1) is 13.7 Å². The lowest BCUT2D eigenvalue weighted by Crippen LogP contribution is -2.33. The number of nitrogens with zero attached hydrogens (tertiary/aromatic N) is 2. The van der Waals surface area contributed by atoms with Gasteiger partial charge in [0.15, 0.2) is 0 Å². The highest BCUT2D eigenvalue weighted by Crippen LogP contribution is 2.31. The van der Waals surface area contributed by atoms with Gasteiger partial charge in [0.25, 0.3) is 0 Å². The first kappa shape index (κ1) is 19.6. The van der Waals surface area contributed by atoms with Gasteiger partial charge in [0.2, 0.25) is 0 Å². The normalized spacial score (nSPS) is 12.5. The molecule has 0 aliphatic carbocycles. The maximum absolute atomic E-state index is 12.3. The number of halogens is 3. The third-order valence-electron chi connectivity index (χ3n) is 4.29. The Morgan fingerprint density at radius 2 is 1.84 bits per heavy atom. The Morgan fingerprint density at radius 3 is 2.48 bits per heavy atom. The van der Waals surface area contributed by atoms with Crippen LogP contribution in [0.1, 0.15) is 17.5 Å². The molecule has 25 heavy (non-hydrogen) atoms. The molecule has 2 rings (SSSR count). The molecule has 0 atom stereocenters. The summed E-state index contributed by atoms with van der Waals surface area (Å²) in [6.45, 7) is 2.97. The van der Waals surface area contributed by atoms with Crippen LogP contribution in [0.5, 0.6) is 5.75 Å². The molecule has 0 fully saturated rings. The second-order valence-corrected chi connectivity index (χ2v) is 6.58. The van der Waals surface area contributed by atoms with E-state index in [1.165, 1.54) is 11.9 Å². The molecule has 0 spiro atoms. The van der Waals surface area contributed by atoms with Crippen LogP contribution in [-0.2, 0) is 6.54 Å². The molecule has 1 aromatic heterocycles. The quantitative estimate of drug-likeness (QED) is 0.780. The van der Waals surface area contributed by atoms with Crippen molar-refractivity contribution < 1.29 is 17.9 Å². The summed E-state index contributed by atoms with van der Waals surface area (Å²) in [5.74, 6) is 0.839. The van der Waals surface area contributed by atoms with E-state index in [0.29, 0.717) is 26.1 Å². The van der Waals surface area contributed by atoms with Gasteiger partial charge >= 0.3 is 6.18 Å². The van der Waals surface area contributed by atoms with Gasteiger partial charge in [0, 0.05) is 29.2 Å². The van der Waals surface area contributed by atoms with E-state index in [9.17, 15) is 13.2 Å². The third-order valence-corrected chi connectivity index (χ3v) is 4.29. The van der Waals surface area contributed by atoms with E-state index in [-0.39, 0.29) is 0 Å². The molecule has 1 aromatic carbocycles. The number of alkyl halides is 3. The van der Waals surface area contributed by atoms with Gasteiger partial charge in [0.1, 0.15) is 5.75 Å². The molecular formula is C18H26F3N3O. The summed E-state index contributed by atoms with van der Waals surface area (Å²) in [4.78, 5) is 6.67. The Morgan fingerprint density at radius 1 is 1.16 bits per heavy atom. The molecule has 0 radical (unpaired) electrons. The van der Waals surface area contributed by atoms with Crippen LogP contribution in [0, 0.1) is 6.92 Å². The molecule has 1 N–H and O–H groups in total. The fourth-order valence-corrected chi connectivity index (χ4v) is 3.13. The molecular weight excluding hydrogens is 331 g/mol. The number of fused-ring (bicyclic) bond motifs is 1. The first-order chi connectivity index (χ1) is 11.7. The van der Waals surface area contributed by atoms with Gasteiger partial charge in [-0.2, -0.15) is 13.2 Å². The van der Waals surface area contributed by atoms with Gasteiger partial charge < -0.3 is 14.6 Å². The van der Waals surface area contributed by atoms with Gasteiger partial charge in [-0.3, -0.25) is 4.90 Å². The molecule has 0 aliphatic rings. The van der Waals surface area contributed by atoms with Crippen LogP contribution < -0.4 is 4.74 Å². The van der Waals surface area contributed by atoms with E-state index < -0.39 is 12.7 Å². The lowest BCUT2D eigenvalue weighted by Gasteiger charge is -2.22. The number of hydrogen-bond donors (Lipinski definition) is 1. The average molecular weight is 357 g/mol. The zero-order valence-corrected chi connectivity index (χ0v) is 15.2. The van der Waals surface area contributed by atoms with Gasteiger partial charge in [-0.15, -0.1) is 0 Å². The largest absolute Gasteiger partial charge is 0.496 e. The number of aromatic nitrogens is 1. The van der Waals surface area contributed by atoms with Crippen LogP contribution in [0.15, 0.2) is 18.3 Å². The number of nitrogens with one attached hydrogen (secondary N) is 1. The topological polar surface area (TPSA) is 31.5 Å². The Labute approximate surface area is 146 Å². The fourth-order valence-electron chi connectivity index (χ4n) is 3.13. The van der Waals surface area contributed by atoms with Crippen LogP contribution in [0.3, 0.4) is 0 Å². The van der Waals surface area contributed by atoms with Gasteiger partial charge in [-0.1, -0.05) is 0 Å². The Kier molecular flexibility index (Phi) is 6.35. The molecule has 0 saturated heterocycles. The Hall–Kier alpha value is -1.73. The minimum Gasteiger partial charge on any atom is -0.496 e. The number of hydrogen-bond acceptors (Lipinski definition) is 3. The van der Waals surface area contributed by atoms with Crippen molar-refractivity contribution in [2.24, 2.45) is 0 Å². The highest BCUT2D eigenvalue weighted by molar-refractivity contribution is 5.88. The molecule has 4 nitrogen and oxygen atoms in total. The zero-order chi connectivity index (χ0) is 18.6. The van der Waals surface area contributed by atoms with Gasteiger partial charge in [-0.25, -0.2) is 0 Å². The molecule has 0 bridgehead atoms. The van der Waals surface area contributed by atoms with Crippen LogP contribution in [0.2, 0.25) is 0 Å². The number of aromatic amines is 1. The summed E-state index contributed by atoms with van der Waals surface area (Å²) in [6, 6.07) is 4.05. The van der Waals surface area contributed by atoms with Crippen LogP contribution in [0.25, 0.3) is 10.9 Å². The first-order valence-corrected chi connectivity index (χ1v) is 8.28. The highest BCUT2D eigenvalue weighted by Gasteiger charge is 2.28. The van der Waals surface area contributed by atoms with Crippen LogP contribution in [0.4, 0.5) is 13.2 Å². The smallest absolute Gasteiger partial charge is 0.401 e. The maximum atomic E-state index is 12.3. The summed E-state index contributed by atoms with van der Waals surface area (Å²) in [5, 5.41) is 1.12. The van der Waals surface area contributed by atoms with Crippen molar-refractivity contribution in [3.8, 4) is 5.75 Å². The molecule has 0 aliphatic heterocycles. The van der Waals surface area contributed by atoms with E-state index in [1.54, 1.807) is 7.11 Å². The fraction of sp³-hybridized carbons (Fsp3) is 0.556. The molecule has 1 heterocycles. The van der Waals surface area contributed by atoms with Crippen molar-refractivity contribution in [1.29, 1.82) is 0 Å². The van der Waals surface area contributed by atoms with Crippen molar-refractivity contribution in [3.05, 3.63) is 29.5 Å². The van der Waals surface area contributed by atoms with E-state index in [2.05, 4.69) is 9.88 Å². The monoisotopic (exact) mass is 357 g/mol. The minimum absolute atomic E-state index is 0.411. The van der Waals surface area contributed by atoms with Crippen molar-refractivity contribution >= 4 is 10.9 Å². The number of benzene rings is 1. The van der Waals surface area contributed by atoms with E-state index in [0.717, 1.165) is 27.8 Å². The first-order valence-electron chi connectivity index (χ1n) is 8.28. The van der Waals surface area contributed by atoms with E-state index >= 15 is 0 Å². The summed E-state index contributed by atoms with van der Waals surface area (Å²) < 4.78 is 42.6. The van der Waals surface area contributed by atoms with Crippen LogP contribution in [-0.4, -0.2) is 61.8 Å². The molecule has 0 unspecified atom stereocenters. The number of methoxy groups -OCH3 is 1. The second kappa shape index (κ2) is 8.10. The maximum Gasteiger partial charge on any atom is 0.401 e. The minimum atomic E-state index is -4.14. The SMILES string of the molecule is COc1cc(C)c2[nH]ccc2c1CN(C)CCCN(C)CC(F)(F)F. The van der Waals surface area contributed by atoms with Crippen molar-refractivity contribution in [1.82, 2.24) is 14.8 Å². The Bertz CT molecular complexity index is 697. The second-order valence-electron chi connectivity index (χ2n) is 6.58. The zero-order valence-electron chi connectivity index (χ0n) is 15.2. The summed E-state index contributed by atoms with van der Waals surface area (Å²) in [6.07, 6.45) is -1.56. The lowest BCUT2D eigenvalue weighted by molar-refractivity contribution is -0.143. The standard InChI is InChI=1S/C18H26F3N3O/c1-13-10-16(25-4)15(14-6-7-22-17(13)14)11-23(2)8-5-9-24(3)12-18(19,20)21/h6-7,10,22H,5,8-9,11-12H2,1-4H3. The van der Waals surface area contributed by atoms with Crippen molar-refractivity contribution in [2.45, 2.75) is 26.1 Å². The van der Waals surface area contributed by atoms with Crippen LogP contribution >= 0.6 is 0 Å². The highest BCUT2D eigenvalue weighted by atomic mass is 19.4. The van der Waals surface area contributed by atoms with E-state index in [4.69, 9.17) is 4.74 Å². The predicted octanol–water partition coefficient (Wildman–Crippen LogP) is 3.80. The molecule has 2 aromatic rings. The number of aryl methyl sites for hydroxylation is 1. The Balaban J connectivity index is 1.97. The molecule has 7 heteroatoms. The summed E-state index contributed by atoms with van der Waals surface area (Å²) in [5.41, 5.74) is 3.31. The lowest BCUT2D eigenvalue weighted by atomic mass is 10.0. The van der Waals surface area contributed by atoms with Crippen molar-refractivity contribution in [3.63, 3.8) is 0 Å². The molecule has 140 valence electrons. The predicted molar refractivity (Wildman–Crippen MR) is 94.1 cm³/mol. The molecule has 0 saturated carbocycles. The van der Waals surface area contributed by atoms with Crippen molar-refractivity contribution in [2.75, 3.05) is 40.8 Å². The third kappa shape index (κ3) is 5.37. The number of rotatable bonds is 8. The average Bonchev–Trinajstić information content (AvgIpc) is 2.98. The van der Waals surface area contributed by atoms with E-state index in [1.807, 2.05) is 32.3 Å². The van der Waals surface area contributed by atoms with Gasteiger partial charge in [-0.05, 0) is 58.2 Å². The summed E-state index contributed by atoms with van der Waals surface area (Å²) >= 11 is 0. The molecule has 0 amide bonds.